The molecule has 3 atom stereocenters. The second-order valence-corrected chi connectivity index (χ2v) is 6.82. The highest BCUT2D eigenvalue weighted by Gasteiger charge is 2.45. The van der Waals surface area contributed by atoms with E-state index in [-0.39, 0.29) is 24.6 Å². The molecule has 3 fully saturated rings. The molecule has 0 aromatic rings. The summed E-state index contributed by atoms with van der Waals surface area (Å²) in [7, 11) is 0. The fourth-order valence-corrected chi connectivity index (χ4v) is 4.34. The first kappa shape index (κ1) is 14.6. The van der Waals surface area contributed by atoms with E-state index >= 15 is 0 Å². The van der Waals surface area contributed by atoms with Crippen molar-refractivity contribution < 1.29 is 17.9 Å². The zero-order valence-electron chi connectivity index (χ0n) is 11.8. The number of hydrogen-bond acceptors (Lipinski definition) is 2. The van der Waals surface area contributed by atoms with Gasteiger partial charge in [-0.15, -0.1) is 0 Å². The van der Waals surface area contributed by atoms with Crippen LogP contribution in [0.25, 0.3) is 0 Å². The molecule has 1 N–H and O–H groups in total. The van der Waals surface area contributed by atoms with E-state index in [0.29, 0.717) is 12.3 Å². The van der Waals surface area contributed by atoms with E-state index in [4.69, 9.17) is 4.74 Å². The molecule has 0 aromatic heterocycles. The zero-order chi connectivity index (χ0) is 14.2. The largest absolute Gasteiger partial charge is 0.393 e. The molecule has 3 unspecified atom stereocenters. The Balaban J connectivity index is 1.55. The summed E-state index contributed by atoms with van der Waals surface area (Å²) in [5, 5.41) is 3.18. The summed E-state index contributed by atoms with van der Waals surface area (Å²) in [5.41, 5.74) is 0.0610. The minimum absolute atomic E-state index is 0.0610. The predicted octanol–water partition coefficient (Wildman–Crippen LogP) is 3.66. The summed E-state index contributed by atoms with van der Waals surface area (Å²) in [4.78, 5) is 0. The highest BCUT2D eigenvalue weighted by Crippen LogP contribution is 2.44. The van der Waals surface area contributed by atoms with Crippen LogP contribution in [0.3, 0.4) is 0 Å². The highest BCUT2D eigenvalue weighted by atomic mass is 19.4. The molecule has 116 valence electrons. The van der Waals surface area contributed by atoms with Crippen molar-refractivity contribution in [2.45, 2.75) is 69.2 Å². The van der Waals surface area contributed by atoms with Crippen molar-refractivity contribution in [1.29, 1.82) is 0 Å². The summed E-state index contributed by atoms with van der Waals surface area (Å²) in [6, 6.07) is 0.259. The predicted molar refractivity (Wildman–Crippen MR) is 70.4 cm³/mol. The monoisotopic (exact) mass is 291 g/mol. The van der Waals surface area contributed by atoms with Gasteiger partial charge in [0, 0.05) is 19.2 Å². The SMILES string of the molecule is FC(F)(F)C1CCC(C2CCOC3(CCCC3)C2)NC1. The normalized spacial score (nSPS) is 38.2. The molecule has 0 amide bonds. The molecule has 0 aromatic carbocycles. The number of piperidine rings is 1. The van der Waals surface area contributed by atoms with Gasteiger partial charge in [-0.3, -0.25) is 0 Å². The Morgan fingerprint density at radius 2 is 1.80 bits per heavy atom. The molecule has 2 saturated heterocycles. The van der Waals surface area contributed by atoms with Gasteiger partial charge in [-0.25, -0.2) is 0 Å². The van der Waals surface area contributed by atoms with Crippen LogP contribution in [0.1, 0.15) is 51.4 Å². The minimum atomic E-state index is -4.04. The minimum Gasteiger partial charge on any atom is -0.375 e. The van der Waals surface area contributed by atoms with E-state index in [1.807, 2.05) is 0 Å². The molecule has 20 heavy (non-hydrogen) atoms. The van der Waals surface area contributed by atoms with Crippen LogP contribution in [-0.2, 0) is 4.74 Å². The molecule has 1 aliphatic carbocycles. The summed E-state index contributed by atoms with van der Waals surface area (Å²) < 4.78 is 44.1. The van der Waals surface area contributed by atoms with E-state index < -0.39 is 12.1 Å². The maximum Gasteiger partial charge on any atom is 0.393 e. The van der Waals surface area contributed by atoms with Crippen LogP contribution in [0.15, 0.2) is 0 Å². The first-order valence-electron chi connectivity index (χ1n) is 7.93. The lowest BCUT2D eigenvalue weighted by Crippen LogP contribution is -2.51. The van der Waals surface area contributed by atoms with Crippen molar-refractivity contribution in [2.24, 2.45) is 11.8 Å². The van der Waals surface area contributed by atoms with Gasteiger partial charge < -0.3 is 10.1 Å². The molecular weight excluding hydrogens is 267 g/mol. The lowest BCUT2D eigenvalue weighted by atomic mass is 9.77. The quantitative estimate of drug-likeness (QED) is 0.796. The average Bonchev–Trinajstić information content (AvgIpc) is 2.86. The van der Waals surface area contributed by atoms with Gasteiger partial charge in [-0.2, -0.15) is 13.2 Å². The number of hydrogen-bond donors (Lipinski definition) is 1. The van der Waals surface area contributed by atoms with E-state index in [9.17, 15) is 13.2 Å². The van der Waals surface area contributed by atoms with E-state index in [1.54, 1.807) is 0 Å². The van der Waals surface area contributed by atoms with E-state index in [1.165, 1.54) is 12.8 Å². The van der Waals surface area contributed by atoms with Crippen molar-refractivity contribution in [3.63, 3.8) is 0 Å². The number of rotatable bonds is 1. The van der Waals surface area contributed by atoms with Crippen molar-refractivity contribution >= 4 is 0 Å². The maximum atomic E-state index is 12.7. The molecule has 2 nitrogen and oxygen atoms in total. The Morgan fingerprint density at radius 3 is 2.40 bits per heavy atom. The topological polar surface area (TPSA) is 21.3 Å². The van der Waals surface area contributed by atoms with Crippen LogP contribution in [0, 0.1) is 11.8 Å². The van der Waals surface area contributed by atoms with E-state index in [2.05, 4.69) is 5.32 Å². The number of halogens is 3. The van der Waals surface area contributed by atoms with Crippen molar-refractivity contribution in [3.05, 3.63) is 0 Å². The molecule has 0 bridgehead atoms. The summed E-state index contributed by atoms with van der Waals surface area (Å²) in [6.45, 7) is 0.879. The third kappa shape index (κ3) is 2.98. The van der Waals surface area contributed by atoms with E-state index in [0.717, 1.165) is 32.3 Å². The number of nitrogens with one attached hydrogen (secondary N) is 1. The smallest absolute Gasteiger partial charge is 0.375 e. The fourth-order valence-electron chi connectivity index (χ4n) is 4.34. The van der Waals surface area contributed by atoms with Crippen LogP contribution >= 0.6 is 0 Å². The highest BCUT2D eigenvalue weighted by molar-refractivity contribution is 4.95. The first-order valence-corrected chi connectivity index (χ1v) is 7.93. The maximum absolute atomic E-state index is 12.7. The lowest BCUT2D eigenvalue weighted by Gasteiger charge is -2.43. The summed E-state index contributed by atoms with van der Waals surface area (Å²) >= 11 is 0. The summed E-state index contributed by atoms with van der Waals surface area (Å²) in [6.07, 6.45) is 3.69. The van der Waals surface area contributed by atoms with Crippen LogP contribution in [-0.4, -0.2) is 31.0 Å². The standard InChI is InChI=1S/C15H24F3NO/c16-15(17,18)12-3-4-13(19-10-12)11-5-8-20-14(9-11)6-1-2-7-14/h11-13,19H,1-10H2. The molecule has 2 aliphatic heterocycles. The molecule has 2 heterocycles. The third-order valence-electron chi connectivity index (χ3n) is 5.53. The number of ether oxygens (including phenoxy) is 1. The number of alkyl halides is 3. The molecule has 0 radical (unpaired) electrons. The van der Waals surface area contributed by atoms with Crippen LogP contribution in [0.2, 0.25) is 0 Å². The van der Waals surface area contributed by atoms with Crippen LogP contribution in [0.4, 0.5) is 13.2 Å². The first-order chi connectivity index (χ1) is 9.49. The van der Waals surface area contributed by atoms with Gasteiger partial charge in [-0.1, -0.05) is 12.8 Å². The Kier molecular flexibility index (Phi) is 4.01. The second kappa shape index (κ2) is 5.48. The molecular formula is C15H24F3NO. The molecule has 5 heteroatoms. The van der Waals surface area contributed by atoms with Gasteiger partial charge >= 0.3 is 6.18 Å². The van der Waals surface area contributed by atoms with Gasteiger partial charge in [0.2, 0.25) is 0 Å². The molecule has 3 rings (SSSR count). The molecule has 3 aliphatic rings. The Morgan fingerprint density at radius 1 is 1.05 bits per heavy atom. The zero-order valence-corrected chi connectivity index (χ0v) is 11.8. The van der Waals surface area contributed by atoms with Crippen LogP contribution < -0.4 is 5.32 Å². The van der Waals surface area contributed by atoms with Gasteiger partial charge in [0.25, 0.3) is 0 Å². The van der Waals surface area contributed by atoms with Gasteiger partial charge in [0.05, 0.1) is 11.5 Å². The lowest BCUT2D eigenvalue weighted by molar-refractivity contribution is -0.181. The second-order valence-electron chi connectivity index (χ2n) is 6.82. The van der Waals surface area contributed by atoms with Gasteiger partial charge in [0.15, 0.2) is 0 Å². The fraction of sp³-hybridized carbons (Fsp3) is 1.00. The average molecular weight is 291 g/mol. The van der Waals surface area contributed by atoms with Crippen molar-refractivity contribution in [3.8, 4) is 0 Å². The molecule has 1 spiro atoms. The Bertz CT molecular complexity index is 331. The Hall–Kier alpha value is -0.290. The van der Waals surface area contributed by atoms with Gasteiger partial charge in [0.1, 0.15) is 0 Å². The van der Waals surface area contributed by atoms with Gasteiger partial charge in [-0.05, 0) is 44.4 Å². The third-order valence-corrected chi connectivity index (χ3v) is 5.53. The van der Waals surface area contributed by atoms with Crippen molar-refractivity contribution in [2.75, 3.05) is 13.2 Å². The Labute approximate surface area is 118 Å². The molecule has 1 saturated carbocycles. The van der Waals surface area contributed by atoms with Crippen molar-refractivity contribution in [1.82, 2.24) is 5.32 Å². The van der Waals surface area contributed by atoms with Crippen LogP contribution in [0.5, 0.6) is 0 Å². The summed E-state index contributed by atoms with van der Waals surface area (Å²) in [5.74, 6) is -0.657.